The Hall–Kier alpha value is -0.810. The van der Waals surface area contributed by atoms with Gasteiger partial charge in [0.05, 0.1) is 15.7 Å². The van der Waals surface area contributed by atoms with Crippen LogP contribution in [0.15, 0.2) is 17.0 Å². The van der Waals surface area contributed by atoms with Gasteiger partial charge in [0, 0.05) is 17.9 Å². The van der Waals surface area contributed by atoms with Crippen LogP contribution in [-0.4, -0.2) is 17.0 Å². The van der Waals surface area contributed by atoms with Crippen LogP contribution < -0.4 is 5.32 Å². The zero-order chi connectivity index (χ0) is 11.0. The van der Waals surface area contributed by atoms with Crippen molar-refractivity contribution in [2.45, 2.75) is 17.4 Å². The highest BCUT2D eigenvalue weighted by Gasteiger charge is 2.27. The Morgan fingerprint density at radius 3 is 2.87 bits per heavy atom. The summed E-state index contributed by atoms with van der Waals surface area (Å²) in [6.07, 6.45) is 0.638. The summed E-state index contributed by atoms with van der Waals surface area (Å²) in [5.41, 5.74) is 0.486. The van der Waals surface area contributed by atoms with Gasteiger partial charge in [0.2, 0.25) is 0 Å². The lowest BCUT2D eigenvalue weighted by atomic mass is 10.0. The van der Waals surface area contributed by atoms with Crippen LogP contribution in [0.1, 0.15) is 18.0 Å². The van der Waals surface area contributed by atoms with Gasteiger partial charge in [0.15, 0.2) is 0 Å². The molecule has 2 unspecified atom stereocenters. The Balaban J connectivity index is 2.61. The summed E-state index contributed by atoms with van der Waals surface area (Å²) in [6.45, 7) is 0. The lowest BCUT2D eigenvalue weighted by Gasteiger charge is -2.24. The third-order valence-corrected chi connectivity index (χ3v) is 4.07. The van der Waals surface area contributed by atoms with Crippen LogP contribution in [0.4, 0.5) is 8.78 Å². The maximum atomic E-state index is 13.4. The van der Waals surface area contributed by atoms with Crippen molar-refractivity contribution in [3.63, 3.8) is 0 Å². The molecule has 0 radical (unpaired) electrons. The minimum atomic E-state index is -1.34. The van der Waals surface area contributed by atoms with Crippen LogP contribution in [0.5, 0.6) is 0 Å². The van der Waals surface area contributed by atoms with E-state index in [9.17, 15) is 13.0 Å². The molecule has 0 aromatic heterocycles. The Morgan fingerprint density at radius 1 is 1.47 bits per heavy atom. The summed E-state index contributed by atoms with van der Waals surface area (Å²) < 4.78 is 38.1. The minimum absolute atomic E-state index is 0.108. The fourth-order valence-electron chi connectivity index (χ4n) is 1.86. The average Bonchev–Trinajstić information content (AvgIpc) is 2.17. The summed E-state index contributed by atoms with van der Waals surface area (Å²) in [5.74, 6) is -0.908. The van der Waals surface area contributed by atoms with E-state index in [1.54, 1.807) is 7.05 Å². The molecule has 82 valence electrons. The Bertz CT molecular complexity index is 422. The van der Waals surface area contributed by atoms with E-state index in [4.69, 9.17) is 0 Å². The van der Waals surface area contributed by atoms with Crippen LogP contribution in [0.25, 0.3) is 0 Å². The van der Waals surface area contributed by atoms with Crippen molar-refractivity contribution in [2.24, 2.45) is 0 Å². The molecule has 1 aromatic rings. The topological polar surface area (TPSA) is 29.1 Å². The second-order valence-electron chi connectivity index (χ2n) is 3.49. The van der Waals surface area contributed by atoms with Gasteiger partial charge < -0.3 is 5.32 Å². The fraction of sp³-hybridized carbons (Fsp3) is 0.400. The molecule has 2 rings (SSSR count). The van der Waals surface area contributed by atoms with Crippen LogP contribution in [0.3, 0.4) is 0 Å². The van der Waals surface area contributed by atoms with E-state index in [1.807, 2.05) is 0 Å². The molecular weight excluding hydrogens is 220 g/mol. The van der Waals surface area contributed by atoms with Gasteiger partial charge >= 0.3 is 0 Å². The standard InChI is InChI=1S/C10H11F2NOS/c1-13-9-2-3-15(14)10-7(9)4-6(11)5-8(10)12/h4-5,9,13H,2-3H2,1H3. The molecule has 15 heavy (non-hydrogen) atoms. The summed E-state index contributed by atoms with van der Waals surface area (Å²) in [6, 6.07) is 1.94. The molecule has 1 N–H and O–H groups in total. The predicted octanol–water partition coefficient (Wildman–Crippen LogP) is 1.74. The molecule has 0 spiro atoms. The third kappa shape index (κ3) is 1.81. The van der Waals surface area contributed by atoms with Crippen molar-refractivity contribution in [3.05, 3.63) is 29.3 Å². The Labute approximate surface area is 89.1 Å². The zero-order valence-corrected chi connectivity index (χ0v) is 9.04. The maximum absolute atomic E-state index is 13.4. The minimum Gasteiger partial charge on any atom is -0.313 e. The quantitative estimate of drug-likeness (QED) is 0.797. The maximum Gasteiger partial charge on any atom is 0.142 e. The second kappa shape index (κ2) is 3.98. The lowest BCUT2D eigenvalue weighted by Crippen LogP contribution is -2.26. The fourth-order valence-corrected chi connectivity index (χ4v) is 3.26. The van der Waals surface area contributed by atoms with E-state index in [2.05, 4.69) is 5.32 Å². The highest BCUT2D eigenvalue weighted by Crippen LogP contribution is 2.32. The number of nitrogens with one attached hydrogen (secondary N) is 1. The number of hydrogen-bond donors (Lipinski definition) is 1. The van der Waals surface area contributed by atoms with Crippen LogP contribution in [-0.2, 0) is 10.8 Å². The van der Waals surface area contributed by atoms with Crippen molar-refractivity contribution in [1.29, 1.82) is 0 Å². The first-order valence-corrected chi connectivity index (χ1v) is 6.00. The van der Waals surface area contributed by atoms with Crippen molar-refractivity contribution in [3.8, 4) is 0 Å². The zero-order valence-electron chi connectivity index (χ0n) is 8.22. The molecule has 0 bridgehead atoms. The third-order valence-electron chi connectivity index (χ3n) is 2.58. The molecule has 0 amide bonds. The molecule has 0 aliphatic carbocycles. The largest absolute Gasteiger partial charge is 0.313 e. The molecule has 2 atom stereocenters. The van der Waals surface area contributed by atoms with Gasteiger partial charge in [-0.15, -0.1) is 0 Å². The molecule has 1 aromatic carbocycles. The first kappa shape index (κ1) is 10.7. The molecule has 1 heterocycles. The van der Waals surface area contributed by atoms with Crippen molar-refractivity contribution < 1.29 is 13.0 Å². The van der Waals surface area contributed by atoms with Crippen LogP contribution >= 0.6 is 0 Å². The second-order valence-corrected chi connectivity index (χ2v) is 4.99. The van der Waals surface area contributed by atoms with E-state index in [1.165, 1.54) is 6.07 Å². The van der Waals surface area contributed by atoms with Crippen molar-refractivity contribution in [2.75, 3.05) is 12.8 Å². The van der Waals surface area contributed by atoms with Gasteiger partial charge in [-0.05, 0) is 25.1 Å². The monoisotopic (exact) mass is 231 g/mol. The van der Waals surface area contributed by atoms with Crippen molar-refractivity contribution >= 4 is 10.8 Å². The van der Waals surface area contributed by atoms with Crippen LogP contribution in [0.2, 0.25) is 0 Å². The normalized spacial score (nSPS) is 25.0. The smallest absolute Gasteiger partial charge is 0.142 e. The summed E-state index contributed by atoms with van der Waals surface area (Å²) in [5, 5.41) is 2.97. The summed E-state index contributed by atoms with van der Waals surface area (Å²) in [7, 11) is 0.389. The molecule has 1 aliphatic rings. The van der Waals surface area contributed by atoms with E-state index in [-0.39, 0.29) is 10.9 Å². The summed E-state index contributed by atoms with van der Waals surface area (Å²) >= 11 is 0. The average molecular weight is 231 g/mol. The van der Waals surface area contributed by atoms with E-state index >= 15 is 0 Å². The highest BCUT2D eigenvalue weighted by molar-refractivity contribution is 7.85. The molecule has 1 aliphatic heterocycles. The molecule has 5 heteroatoms. The molecule has 0 saturated heterocycles. The SMILES string of the molecule is CNC1CCS(=O)c2c(F)cc(F)cc21. The highest BCUT2D eigenvalue weighted by atomic mass is 32.2. The Kier molecular flexibility index (Phi) is 2.84. The predicted molar refractivity (Wildman–Crippen MR) is 54.1 cm³/mol. The number of halogens is 2. The number of fused-ring (bicyclic) bond motifs is 1. The van der Waals surface area contributed by atoms with E-state index < -0.39 is 22.4 Å². The number of rotatable bonds is 1. The van der Waals surface area contributed by atoms with Gasteiger partial charge in [-0.1, -0.05) is 0 Å². The van der Waals surface area contributed by atoms with Gasteiger partial charge in [-0.25, -0.2) is 8.78 Å². The summed E-state index contributed by atoms with van der Waals surface area (Å²) in [4.78, 5) is 0.155. The molecule has 0 fully saturated rings. The van der Waals surface area contributed by atoms with E-state index in [0.29, 0.717) is 17.7 Å². The number of hydrogen-bond acceptors (Lipinski definition) is 2. The van der Waals surface area contributed by atoms with Gasteiger partial charge in [0.25, 0.3) is 0 Å². The Morgan fingerprint density at radius 2 is 2.20 bits per heavy atom. The van der Waals surface area contributed by atoms with Gasteiger partial charge in [-0.2, -0.15) is 0 Å². The van der Waals surface area contributed by atoms with Gasteiger partial charge in [0.1, 0.15) is 11.6 Å². The lowest BCUT2D eigenvalue weighted by molar-refractivity contribution is 0.508. The first-order chi connectivity index (χ1) is 7.13. The molecular formula is C10H11F2NOS. The van der Waals surface area contributed by atoms with Gasteiger partial charge in [-0.3, -0.25) is 4.21 Å². The number of benzene rings is 1. The van der Waals surface area contributed by atoms with E-state index in [0.717, 1.165) is 6.07 Å². The molecule has 2 nitrogen and oxygen atoms in total. The van der Waals surface area contributed by atoms with Crippen LogP contribution in [0, 0.1) is 11.6 Å². The first-order valence-electron chi connectivity index (χ1n) is 4.68. The van der Waals surface area contributed by atoms with Crippen molar-refractivity contribution in [1.82, 2.24) is 5.32 Å². The molecule has 0 saturated carbocycles.